The van der Waals surface area contributed by atoms with E-state index >= 15 is 0 Å². The molecule has 0 aliphatic heterocycles. The second-order valence-electron chi connectivity index (χ2n) is 4.92. The predicted octanol–water partition coefficient (Wildman–Crippen LogP) is 2.02. The van der Waals surface area contributed by atoms with Gasteiger partial charge >= 0.3 is 0 Å². The van der Waals surface area contributed by atoms with E-state index in [1.54, 1.807) is 36.4 Å². The van der Waals surface area contributed by atoms with Crippen LogP contribution in [0.2, 0.25) is 0 Å². The summed E-state index contributed by atoms with van der Waals surface area (Å²) in [7, 11) is -2.15. The van der Waals surface area contributed by atoms with Crippen molar-refractivity contribution in [1.82, 2.24) is 4.72 Å². The Labute approximate surface area is 130 Å². The average molecular weight is 321 g/mol. The molecule has 0 heterocycles. The standard InChI is InChI=1S/C16H19NO4S/c1-12-7-9-13(10-8-12)22(19,20)17-11-15(18)14-5-3-4-6-16(14)21-2/h3-10,15,17-18H,11H2,1-2H3. The van der Waals surface area contributed by atoms with Gasteiger partial charge in [-0.25, -0.2) is 13.1 Å². The van der Waals surface area contributed by atoms with E-state index in [0.717, 1.165) is 5.56 Å². The van der Waals surface area contributed by atoms with Crippen molar-refractivity contribution in [2.45, 2.75) is 17.9 Å². The first-order valence-electron chi connectivity index (χ1n) is 6.81. The molecule has 5 nitrogen and oxygen atoms in total. The summed E-state index contributed by atoms with van der Waals surface area (Å²) in [4.78, 5) is 0.172. The number of hydrogen-bond acceptors (Lipinski definition) is 4. The summed E-state index contributed by atoms with van der Waals surface area (Å²) in [6.07, 6.45) is -0.989. The molecule has 0 saturated heterocycles. The number of hydrogen-bond donors (Lipinski definition) is 2. The Morgan fingerprint density at radius 1 is 1.14 bits per heavy atom. The highest BCUT2D eigenvalue weighted by atomic mass is 32.2. The molecule has 0 aliphatic rings. The van der Waals surface area contributed by atoms with Crippen molar-refractivity contribution >= 4 is 10.0 Å². The lowest BCUT2D eigenvalue weighted by Gasteiger charge is -2.15. The molecule has 1 unspecified atom stereocenters. The smallest absolute Gasteiger partial charge is 0.240 e. The maximum atomic E-state index is 12.2. The second kappa shape index (κ2) is 6.91. The fourth-order valence-electron chi connectivity index (χ4n) is 2.04. The van der Waals surface area contributed by atoms with E-state index in [1.165, 1.54) is 19.2 Å². The molecule has 118 valence electrons. The Kier molecular flexibility index (Phi) is 5.18. The molecule has 0 radical (unpaired) electrons. The molecule has 6 heteroatoms. The Morgan fingerprint density at radius 2 is 1.77 bits per heavy atom. The van der Waals surface area contributed by atoms with Crippen LogP contribution in [0.4, 0.5) is 0 Å². The number of para-hydroxylation sites is 1. The number of sulfonamides is 1. The summed E-state index contributed by atoms with van der Waals surface area (Å²) in [5.74, 6) is 0.518. The van der Waals surface area contributed by atoms with E-state index < -0.39 is 16.1 Å². The van der Waals surface area contributed by atoms with Crippen LogP contribution in [-0.4, -0.2) is 27.2 Å². The molecule has 0 bridgehead atoms. The third kappa shape index (κ3) is 3.85. The van der Waals surface area contributed by atoms with Gasteiger partial charge in [0, 0.05) is 12.1 Å². The SMILES string of the molecule is COc1ccccc1C(O)CNS(=O)(=O)c1ccc(C)cc1. The number of ether oxygens (including phenoxy) is 1. The molecule has 0 aromatic heterocycles. The molecule has 22 heavy (non-hydrogen) atoms. The van der Waals surface area contributed by atoms with Gasteiger partial charge in [-0.05, 0) is 25.1 Å². The number of nitrogens with one attached hydrogen (secondary N) is 1. The van der Waals surface area contributed by atoms with E-state index in [0.29, 0.717) is 11.3 Å². The van der Waals surface area contributed by atoms with Gasteiger partial charge in [0.05, 0.1) is 18.1 Å². The first-order chi connectivity index (χ1) is 10.4. The highest BCUT2D eigenvalue weighted by Gasteiger charge is 2.18. The van der Waals surface area contributed by atoms with Gasteiger partial charge in [-0.3, -0.25) is 0 Å². The summed E-state index contributed by atoms with van der Waals surface area (Å²) in [5.41, 5.74) is 1.52. The molecule has 0 aliphatic carbocycles. The van der Waals surface area contributed by atoms with Gasteiger partial charge in [0.15, 0.2) is 0 Å². The molecule has 0 spiro atoms. The van der Waals surface area contributed by atoms with Crippen LogP contribution >= 0.6 is 0 Å². The fourth-order valence-corrected chi connectivity index (χ4v) is 3.08. The summed E-state index contributed by atoms with van der Waals surface area (Å²) in [5, 5.41) is 10.2. The average Bonchev–Trinajstić information content (AvgIpc) is 2.53. The zero-order valence-electron chi connectivity index (χ0n) is 12.5. The van der Waals surface area contributed by atoms with Crippen LogP contribution in [0.1, 0.15) is 17.2 Å². The lowest BCUT2D eigenvalue weighted by Crippen LogP contribution is -2.28. The highest BCUT2D eigenvalue weighted by Crippen LogP contribution is 2.24. The van der Waals surface area contributed by atoms with Crippen molar-refractivity contribution in [2.24, 2.45) is 0 Å². The Morgan fingerprint density at radius 3 is 2.41 bits per heavy atom. The fraction of sp³-hybridized carbons (Fsp3) is 0.250. The van der Waals surface area contributed by atoms with Crippen LogP contribution in [0.5, 0.6) is 5.75 Å². The number of methoxy groups -OCH3 is 1. The van der Waals surface area contributed by atoms with Crippen LogP contribution in [-0.2, 0) is 10.0 Å². The molecule has 2 aromatic rings. The molecule has 2 aromatic carbocycles. The molecule has 0 fully saturated rings. The van der Waals surface area contributed by atoms with E-state index in [-0.39, 0.29) is 11.4 Å². The number of aliphatic hydroxyl groups excluding tert-OH is 1. The summed E-state index contributed by atoms with van der Waals surface area (Å²) >= 11 is 0. The number of aryl methyl sites for hydroxylation is 1. The molecule has 1 atom stereocenters. The van der Waals surface area contributed by atoms with Crippen molar-refractivity contribution in [3.05, 3.63) is 59.7 Å². The monoisotopic (exact) mass is 321 g/mol. The lowest BCUT2D eigenvalue weighted by molar-refractivity contribution is 0.177. The van der Waals surface area contributed by atoms with E-state index in [2.05, 4.69) is 4.72 Å². The molecule has 0 amide bonds. The predicted molar refractivity (Wildman–Crippen MR) is 84.3 cm³/mol. The largest absolute Gasteiger partial charge is 0.496 e. The minimum absolute atomic E-state index is 0.128. The summed E-state index contributed by atoms with van der Waals surface area (Å²) in [6.45, 7) is 1.76. The summed E-state index contributed by atoms with van der Waals surface area (Å²) < 4.78 is 31.9. The molecule has 2 rings (SSSR count). The van der Waals surface area contributed by atoms with E-state index in [1.807, 2.05) is 6.92 Å². The Hall–Kier alpha value is -1.89. The molecule has 0 saturated carbocycles. The van der Waals surface area contributed by atoms with E-state index in [4.69, 9.17) is 4.74 Å². The zero-order chi connectivity index (χ0) is 16.2. The second-order valence-corrected chi connectivity index (χ2v) is 6.69. The van der Waals surface area contributed by atoms with Gasteiger partial charge in [-0.15, -0.1) is 0 Å². The van der Waals surface area contributed by atoms with Crippen LogP contribution in [0.25, 0.3) is 0 Å². The highest BCUT2D eigenvalue weighted by molar-refractivity contribution is 7.89. The van der Waals surface area contributed by atoms with Crippen molar-refractivity contribution in [3.8, 4) is 5.75 Å². The number of aliphatic hydroxyl groups is 1. The van der Waals surface area contributed by atoms with Crippen LogP contribution in [0, 0.1) is 6.92 Å². The van der Waals surface area contributed by atoms with Gasteiger partial charge in [0.2, 0.25) is 10.0 Å². The summed E-state index contributed by atoms with van der Waals surface area (Å²) in [6, 6.07) is 13.5. The molecule has 2 N–H and O–H groups in total. The van der Waals surface area contributed by atoms with Crippen LogP contribution < -0.4 is 9.46 Å². The van der Waals surface area contributed by atoms with Gasteiger partial charge < -0.3 is 9.84 Å². The first kappa shape index (κ1) is 16.5. The zero-order valence-corrected chi connectivity index (χ0v) is 13.3. The molecular weight excluding hydrogens is 302 g/mol. The quantitative estimate of drug-likeness (QED) is 0.853. The van der Waals surface area contributed by atoms with Crippen molar-refractivity contribution in [3.63, 3.8) is 0 Å². The number of benzene rings is 2. The van der Waals surface area contributed by atoms with Gasteiger partial charge in [-0.1, -0.05) is 35.9 Å². The Balaban J connectivity index is 2.10. The Bertz CT molecular complexity index is 726. The minimum atomic E-state index is -3.65. The maximum absolute atomic E-state index is 12.2. The maximum Gasteiger partial charge on any atom is 0.240 e. The molecular formula is C16H19NO4S. The lowest BCUT2D eigenvalue weighted by atomic mass is 10.1. The van der Waals surface area contributed by atoms with Gasteiger partial charge in [-0.2, -0.15) is 0 Å². The van der Waals surface area contributed by atoms with Crippen molar-refractivity contribution < 1.29 is 18.3 Å². The van der Waals surface area contributed by atoms with Crippen molar-refractivity contribution in [2.75, 3.05) is 13.7 Å². The first-order valence-corrected chi connectivity index (χ1v) is 8.29. The third-order valence-corrected chi connectivity index (χ3v) is 4.74. The van der Waals surface area contributed by atoms with Crippen LogP contribution in [0.3, 0.4) is 0 Å². The van der Waals surface area contributed by atoms with Gasteiger partial charge in [0.25, 0.3) is 0 Å². The minimum Gasteiger partial charge on any atom is -0.496 e. The number of rotatable bonds is 6. The third-order valence-electron chi connectivity index (χ3n) is 3.30. The van der Waals surface area contributed by atoms with Crippen molar-refractivity contribution in [1.29, 1.82) is 0 Å². The van der Waals surface area contributed by atoms with Gasteiger partial charge in [0.1, 0.15) is 5.75 Å². The van der Waals surface area contributed by atoms with E-state index in [9.17, 15) is 13.5 Å². The van der Waals surface area contributed by atoms with Crippen LogP contribution in [0.15, 0.2) is 53.4 Å². The normalized spacial score (nSPS) is 12.9. The topological polar surface area (TPSA) is 75.6 Å².